The van der Waals surface area contributed by atoms with Crippen LogP contribution in [0, 0.1) is 0 Å². The Hall–Kier alpha value is -3.22. The molecule has 0 aliphatic carbocycles. The van der Waals surface area contributed by atoms with E-state index in [1.54, 1.807) is 0 Å². The van der Waals surface area contributed by atoms with Gasteiger partial charge in [-0.25, -0.2) is 19.2 Å². The number of carbonyl (C=O) groups excluding carboxylic acids is 4. The molecule has 366 valence electrons. The molecule has 4 aliphatic rings. The molecule has 4 heterocycles. The van der Waals surface area contributed by atoms with Gasteiger partial charge in [-0.15, -0.1) is 0 Å². The van der Waals surface area contributed by atoms with E-state index in [4.69, 9.17) is 18.9 Å². The van der Waals surface area contributed by atoms with Gasteiger partial charge in [0, 0.05) is 90.0 Å². The zero-order valence-corrected chi connectivity index (χ0v) is 45.1. The summed E-state index contributed by atoms with van der Waals surface area (Å²) in [5, 5.41) is 4.18. The van der Waals surface area contributed by atoms with Gasteiger partial charge in [0.05, 0.1) is 22.3 Å². The van der Waals surface area contributed by atoms with Crippen molar-refractivity contribution in [2.24, 2.45) is 0 Å². The maximum atomic E-state index is 14.6. The highest BCUT2D eigenvalue weighted by Gasteiger charge is 2.31. The van der Waals surface area contributed by atoms with Crippen LogP contribution in [0.25, 0.3) is 0 Å². The molecule has 0 aromatic heterocycles. The van der Waals surface area contributed by atoms with Gasteiger partial charge in [-0.2, -0.15) is 94.1 Å². The van der Waals surface area contributed by atoms with Crippen LogP contribution in [0.5, 0.6) is 0 Å². The van der Waals surface area contributed by atoms with E-state index in [1.165, 1.54) is 12.1 Å². The molecule has 4 fully saturated rings. The first kappa shape index (κ1) is 51.7. The summed E-state index contributed by atoms with van der Waals surface area (Å²) >= 11 is 15.1. The predicted octanol–water partition coefficient (Wildman–Crippen LogP) is 13.2. The molecule has 0 bridgehead atoms. The minimum Gasteiger partial charge on any atom is -0.457 e. The first-order valence-corrected chi connectivity index (χ1v) is 32.4. The molecule has 0 amide bonds. The van der Waals surface area contributed by atoms with E-state index in [9.17, 15) is 19.2 Å². The topological polar surface area (TPSA) is 105 Å². The quantitative estimate of drug-likeness (QED) is 0.0691. The van der Waals surface area contributed by atoms with Gasteiger partial charge >= 0.3 is 23.9 Å². The number of hydrogen-bond donors (Lipinski definition) is 0. The molecule has 0 N–H and O–H groups in total. The van der Waals surface area contributed by atoms with Crippen molar-refractivity contribution in [3.05, 3.63) is 176 Å². The molecular weight excluding hydrogens is 1030 g/mol. The van der Waals surface area contributed by atoms with Gasteiger partial charge in [-0.1, -0.05) is 97.1 Å². The Kier molecular flexibility index (Phi) is 19.3. The van der Waals surface area contributed by atoms with Crippen LogP contribution in [0.15, 0.2) is 109 Å². The number of carbonyl (C=O) groups is 4. The fourth-order valence-corrected chi connectivity index (χ4v) is 19.3. The van der Waals surface area contributed by atoms with E-state index in [-0.39, 0.29) is 72.4 Å². The summed E-state index contributed by atoms with van der Waals surface area (Å²) in [6.45, 7) is -0.240. The molecule has 0 unspecified atom stereocenters. The summed E-state index contributed by atoms with van der Waals surface area (Å²) in [4.78, 5) is 58.4. The number of thioether (sulfide) groups is 8. The molecule has 5 aromatic rings. The Bertz CT molecular complexity index is 2270. The van der Waals surface area contributed by atoms with Crippen molar-refractivity contribution in [3.63, 3.8) is 0 Å². The average Bonchev–Trinajstić information content (AvgIpc) is 3.43. The van der Waals surface area contributed by atoms with Crippen LogP contribution in [-0.2, 0) is 45.4 Å². The lowest BCUT2D eigenvalue weighted by molar-refractivity contribution is 0.0408. The van der Waals surface area contributed by atoms with Gasteiger partial charge in [0.2, 0.25) is 0 Å². The first-order valence-electron chi connectivity index (χ1n) is 23.2. The van der Waals surface area contributed by atoms with Gasteiger partial charge in [0.1, 0.15) is 26.4 Å². The van der Waals surface area contributed by atoms with Gasteiger partial charge < -0.3 is 18.9 Å². The Morgan fingerprint density at radius 2 is 0.529 bits per heavy atom. The second-order valence-corrected chi connectivity index (χ2v) is 27.0. The molecule has 0 atom stereocenters. The van der Waals surface area contributed by atoms with E-state index in [0.29, 0.717) is 0 Å². The standard InChI is InChI=1S/C54H54O8S8/c55-51(59-19-35-9-1-5-13-43(35)39-23-63-31-64-24-39)47-17-49(53(57)61-21-37-11-3-7-15-45(37)41-27-67-33-68-28-41)50(54(58)62-22-38-12-4-8-16-46(38)42-29-69-34-70-30-42)18-48(47)52(56)60-20-36-10-2-6-14-44(36)40-25-65-32-66-26-40/h1-18,39-42H,19-34H2. The summed E-state index contributed by atoms with van der Waals surface area (Å²) in [6.07, 6.45) is 0. The van der Waals surface area contributed by atoms with E-state index in [2.05, 4.69) is 24.3 Å². The SMILES string of the molecule is O=C(OCc1ccccc1C1CSCSC1)c1cc(C(=O)OCc2ccccc2C2CSCSC2)c(C(=O)OCc2ccccc2C2CSCSC2)cc1C(=O)OCc1ccccc1C1CSCSC1. The van der Waals surface area contributed by atoms with E-state index in [1.807, 2.05) is 167 Å². The lowest BCUT2D eigenvalue weighted by Gasteiger charge is -2.24. The van der Waals surface area contributed by atoms with Crippen molar-refractivity contribution in [1.29, 1.82) is 0 Å². The summed E-state index contributed by atoms with van der Waals surface area (Å²) in [5.74, 6) is 5.52. The molecule has 5 aromatic carbocycles. The fourth-order valence-electron chi connectivity index (χ4n) is 9.08. The van der Waals surface area contributed by atoms with Gasteiger partial charge in [0.25, 0.3) is 0 Å². The predicted molar refractivity (Wildman–Crippen MR) is 299 cm³/mol. The lowest BCUT2D eigenvalue weighted by Crippen LogP contribution is -2.21. The summed E-state index contributed by atoms with van der Waals surface area (Å²) in [7, 11) is 0. The molecule has 0 radical (unpaired) electrons. The van der Waals surface area contributed by atoms with Crippen LogP contribution in [0.2, 0.25) is 0 Å². The average molecular weight is 1090 g/mol. The maximum absolute atomic E-state index is 14.6. The van der Waals surface area contributed by atoms with Gasteiger partial charge in [-0.3, -0.25) is 0 Å². The Morgan fingerprint density at radius 1 is 0.329 bits per heavy atom. The number of ether oxygens (including phenoxy) is 4. The first-order chi connectivity index (χ1) is 34.4. The summed E-state index contributed by atoms with van der Waals surface area (Å²) < 4.78 is 24.3. The minimum absolute atomic E-state index is 0.0599. The molecule has 8 nitrogen and oxygen atoms in total. The second-order valence-electron chi connectivity index (χ2n) is 17.3. The van der Waals surface area contributed by atoms with E-state index in [0.717, 1.165) is 111 Å². The normalized spacial score (nSPS) is 17.4. The number of esters is 4. The van der Waals surface area contributed by atoms with Crippen molar-refractivity contribution < 1.29 is 38.1 Å². The van der Waals surface area contributed by atoms with Crippen molar-refractivity contribution in [2.75, 3.05) is 66.4 Å². The van der Waals surface area contributed by atoms with E-state index >= 15 is 0 Å². The minimum atomic E-state index is -0.838. The summed E-state index contributed by atoms with van der Waals surface area (Å²) in [6, 6.07) is 34.3. The Morgan fingerprint density at radius 3 is 0.743 bits per heavy atom. The second kappa shape index (κ2) is 26.1. The molecule has 4 aliphatic heterocycles. The third kappa shape index (κ3) is 13.3. The molecular formula is C54H54O8S8. The molecule has 70 heavy (non-hydrogen) atoms. The van der Waals surface area contributed by atoms with Gasteiger partial charge in [0.15, 0.2) is 0 Å². The van der Waals surface area contributed by atoms with Crippen molar-refractivity contribution >= 4 is 118 Å². The highest BCUT2D eigenvalue weighted by Crippen LogP contribution is 2.38. The van der Waals surface area contributed by atoms with Crippen LogP contribution < -0.4 is 0 Å². The Labute approximate surface area is 444 Å². The Balaban J connectivity index is 1.06. The zero-order valence-electron chi connectivity index (χ0n) is 38.5. The number of rotatable bonds is 16. The van der Waals surface area contributed by atoms with Crippen molar-refractivity contribution in [1.82, 2.24) is 0 Å². The van der Waals surface area contributed by atoms with Crippen molar-refractivity contribution in [2.45, 2.75) is 50.1 Å². The highest BCUT2D eigenvalue weighted by atomic mass is 32.2. The number of hydrogen-bond acceptors (Lipinski definition) is 16. The molecule has 0 spiro atoms. The van der Waals surface area contributed by atoms with Crippen LogP contribution >= 0.6 is 94.1 Å². The maximum Gasteiger partial charge on any atom is 0.339 e. The van der Waals surface area contributed by atoms with Crippen LogP contribution in [0.4, 0.5) is 0 Å². The molecule has 0 saturated carbocycles. The van der Waals surface area contributed by atoms with E-state index < -0.39 is 23.9 Å². The van der Waals surface area contributed by atoms with Gasteiger partial charge in [-0.05, 0) is 56.6 Å². The van der Waals surface area contributed by atoms with Crippen LogP contribution in [0.1, 0.15) is 110 Å². The lowest BCUT2D eigenvalue weighted by atomic mass is 9.96. The fraction of sp³-hybridized carbons (Fsp3) is 0.370. The highest BCUT2D eigenvalue weighted by molar-refractivity contribution is 8.17. The third-order valence-electron chi connectivity index (χ3n) is 12.7. The van der Waals surface area contributed by atoms with Crippen LogP contribution in [-0.4, -0.2) is 90.2 Å². The molecule has 4 saturated heterocycles. The number of benzene rings is 5. The zero-order chi connectivity index (χ0) is 48.1. The molecule has 9 rings (SSSR count). The van der Waals surface area contributed by atoms with Crippen LogP contribution in [0.3, 0.4) is 0 Å². The molecule has 16 heteroatoms. The summed E-state index contributed by atoms with van der Waals surface area (Å²) in [5.41, 5.74) is 7.05. The smallest absolute Gasteiger partial charge is 0.339 e. The third-order valence-corrected chi connectivity index (χ3v) is 23.1. The van der Waals surface area contributed by atoms with Crippen molar-refractivity contribution in [3.8, 4) is 0 Å². The largest absolute Gasteiger partial charge is 0.457 e. The monoisotopic (exact) mass is 1090 g/mol.